The van der Waals surface area contributed by atoms with Crippen molar-refractivity contribution in [3.05, 3.63) is 23.7 Å². The van der Waals surface area contributed by atoms with Crippen LogP contribution in [0.2, 0.25) is 0 Å². The molecular formula is C15H24N2O. The quantitative estimate of drug-likeness (QED) is 0.868. The maximum absolute atomic E-state index is 5.73. The molecule has 2 aliphatic rings. The van der Waals surface area contributed by atoms with Gasteiger partial charge in [-0.25, -0.2) is 0 Å². The van der Waals surface area contributed by atoms with E-state index < -0.39 is 0 Å². The van der Waals surface area contributed by atoms with Crippen molar-refractivity contribution >= 4 is 0 Å². The lowest BCUT2D eigenvalue weighted by atomic mass is 9.97. The minimum Gasteiger partial charge on any atom is -0.465 e. The molecule has 1 aliphatic heterocycles. The van der Waals surface area contributed by atoms with Gasteiger partial charge in [0.05, 0.1) is 6.54 Å². The zero-order valence-electron chi connectivity index (χ0n) is 11.3. The first-order valence-electron chi connectivity index (χ1n) is 7.31. The van der Waals surface area contributed by atoms with E-state index in [-0.39, 0.29) is 0 Å². The lowest BCUT2D eigenvalue weighted by molar-refractivity contribution is 0.178. The number of hydrogen-bond acceptors (Lipinski definition) is 3. The number of hydrogen-bond donors (Lipinski definition) is 1. The third kappa shape index (κ3) is 3.15. The van der Waals surface area contributed by atoms with Crippen LogP contribution in [-0.2, 0) is 6.54 Å². The molecule has 100 valence electrons. The Morgan fingerprint density at radius 2 is 2.00 bits per heavy atom. The first-order chi connectivity index (χ1) is 8.81. The van der Waals surface area contributed by atoms with E-state index in [1.54, 1.807) is 0 Å². The van der Waals surface area contributed by atoms with Gasteiger partial charge < -0.3 is 9.73 Å². The summed E-state index contributed by atoms with van der Waals surface area (Å²) in [6, 6.07) is 5.03. The predicted octanol–water partition coefficient (Wildman–Crippen LogP) is 2.55. The first kappa shape index (κ1) is 12.2. The molecule has 2 fully saturated rings. The fourth-order valence-corrected chi connectivity index (χ4v) is 2.95. The normalized spacial score (nSPS) is 21.7. The Balaban J connectivity index is 1.57. The Morgan fingerprint density at radius 3 is 2.61 bits per heavy atom. The first-order valence-corrected chi connectivity index (χ1v) is 7.31. The van der Waals surface area contributed by atoms with Gasteiger partial charge in [-0.2, -0.15) is 0 Å². The van der Waals surface area contributed by atoms with Crippen molar-refractivity contribution in [1.29, 1.82) is 0 Å². The van der Waals surface area contributed by atoms with Gasteiger partial charge in [0.25, 0.3) is 0 Å². The van der Waals surface area contributed by atoms with Gasteiger partial charge in [0.2, 0.25) is 0 Å². The summed E-state index contributed by atoms with van der Waals surface area (Å²) in [5, 5.41) is 3.45. The monoisotopic (exact) mass is 248 g/mol. The van der Waals surface area contributed by atoms with Crippen LogP contribution in [0.3, 0.4) is 0 Å². The molecule has 1 saturated carbocycles. The highest BCUT2D eigenvalue weighted by Gasteiger charge is 2.31. The van der Waals surface area contributed by atoms with E-state index in [9.17, 15) is 0 Å². The van der Waals surface area contributed by atoms with E-state index in [0.717, 1.165) is 30.0 Å². The Kier molecular flexibility index (Phi) is 3.71. The summed E-state index contributed by atoms with van der Waals surface area (Å²) < 4.78 is 5.73. The predicted molar refractivity (Wildman–Crippen MR) is 72.5 cm³/mol. The summed E-state index contributed by atoms with van der Waals surface area (Å²) in [5.41, 5.74) is 0. The molecule has 0 aromatic carbocycles. The molecule has 0 unspecified atom stereocenters. The lowest BCUT2D eigenvalue weighted by Gasteiger charge is -2.29. The van der Waals surface area contributed by atoms with Crippen LogP contribution in [-0.4, -0.2) is 30.6 Å². The van der Waals surface area contributed by atoms with E-state index in [4.69, 9.17) is 4.42 Å². The van der Waals surface area contributed by atoms with Crippen molar-refractivity contribution < 1.29 is 4.42 Å². The molecule has 3 heteroatoms. The summed E-state index contributed by atoms with van der Waals surface area (Å²) in [7, 11) is 0. The van der Waals surface area contributed by atoms with Crippen molar-refractivity contribution in [2.24, 2.45) is 5.92 Å². The van der Waals surface area contributed by atoms with Crippen LogP contribution in [0.5, 0.6) is 0 Å². The topological polar surface area (TPSA) is 28.4 Å². The maximum Gasteiger partial charge on any atom is 0.118 e. The Morgan fingerprint density at radius 1 is 1.22 bits per heavy atom. The van der Waals surface area contributed by atoms with Crippen LogP contribution >= 0.6 is 0 Å². The van der Waals surface area contributed by atoms with Crippen molar-refractivity contribution in [1.82, 2.24) is 10.2 Å². The van der Waals surface area contributed by atoms with Crippen molar-refractivity contribution in [2.45, 2.75) is 45.2 Å². The zero-order valence-corrected chi connectivity index (χ0v) is 11.3. The lowest BCUT2D eigenvalue weighted by Crippen LogP contribution is -2.36. The van der Waals surface area contributed by atoms with Gasteiger partial charge in [-0.15, -0.1) is 0 Å². The summed E-state index contributed by atoms with van der Waals surface area (Å²) in [6.45, 7) is 6.68. The largest absolute Gasteiger partial charge is 0.465 e. The van der Waals surface area contributed by atoms with Crippen LogP contribution < -0.4 is 5.32 Å². The fraction of sp³-hybridized carbons (Fsp3) is 0.733. The molecule has 1 N–H and O–H groups in total. The Labute approximate surface area is 110 Å². The van der Waals surface area contributed by atoms with E-state index >= 15 is 0 Å². The average Bonchev–Trinajstić information content (AvgIpc) is 3.15. The molecule has 0 spiro atoms. The number of piperidine rings is 1. The summed E-state index contributed by atoms with van der Waals surface area (Å²) in [5.74, 6) is 3.04. The summed E-state index contributed by atoms with van der Waals surface area (Å²) >= 11 is 0. The van der Waals surface area contributed by atoms with Gasteiger partial charge in [0, 0.05) is 12.6 Å². The van der Waals surface area contributed by atoms with E-state index in [2.05, 4.69) is 22.3 Å². The highest BCUT2D eigenvalue weighted by molar-refractivity contribution is 5.06. The van der Waals surface area contributed by atoms with Crippen molar-refractivity contribution in [3.8, 4) is 0 Å². The minimum absolute atomic E-state index is 0.824. The van der Waals surface area contributed by atoms with Gasteiger partial charge >= 0.3 is 0 Å². The summed E-state index contributed by atoms with van der Waals surface area (Å²) in [4.78, 5) is 2.65. The average molecular weight is 248 g/mol. The minimum atomic E-state index is 0.824. The number of rotatable bonds is 5. The highest BCUT2D eigenvalue weighted by Crippen LogP contribution is 2.30. The molecular weight excluding hydrogens is 224 g/mol. The number of furan rings is 1. The molecule has 0 bridgehead atoms. The molecule has 3 nitrogen and oxygen atoms in total. The van der Waals surface area contributed by atoms with Crippen LogP contribution in [0.15, 0.2) is 16.5 Å². The number of nitrogens with zero attached hydrogens (tertiary/aromatic N) is 1. The van der Waals surface area contributed by atoms with Gasteiger partial charge in [-0.3, -0.25) is 4.90 Å². The molecule has 1 aliphatic carbocycles. The molecule has 0 radical (unpaired) electrons. The molecule has 1 saturated heterocycles. The van der Waals surface area contributed by atoms with E-state index in [1.807, 2.05) is 6.92 Å². The molecule has 1 aromatic rings. The zero-order chi connectivity index (χ0) is 12.4. The number of nitrogens with one attached hydrogen (secondary N) is 1. The van der Waals surface area contributed by atoms with Crippen LogP contribution in [0.1, 0.15) is 37.2 Å². The molecule has 0 atom stereocenters. The van der Waals surface area contributed by atoms with E-state index in [1.165, 1.54) is 45.3 Å². The van der Waals surface area contributed by atoms with Gasteiger partial charge in [0.1, 0.15) is 11.5 Å². The van der Waals surface area contributed by atoms with Gasteiger partial charge in [-0.1, -0.05) is 0 Å². The second-order valence-corrected chi connectivity index (χ2v) is 5.87. The van der Waals surface area contributed by atoms with E-state index in [0.29, 0.717) is 0 Å². The summed E-state index contributed by atoms with van der Waals surface area (Å²) in [6.07, 6.45) is 5.43. The maximum atomic E-state index is 5.73. The van der Waals surface area contributed by atoms with Crippen molar-refractivity contribution in [2.75, 3.05) is 19.6 Å². The third-order valence-corrected chi connectivity index (χ3v) is 4.17. The smallest absolute Gasteiger partial charge is 0.118 e. The van der Waals surface area contributed by atoms with Crippen LogP contribution in [0.25, 0.3) is 0 Å². The Hall–Kier alpha value is -0.800. The third-order valence-electron chi connectivity index (χ3n) is 4.17. The van der Waals surface area contributed by atoms with Crippen molar-refractivity contribution in [3.63, 3.8) is 0 Å². The Bertz CT molecular complexity index is 378. The van der Waals surface area contributed by atoms with Gasteiger partial charge in [-0.05, 0) is 63.7 Å². The molecule has 18 heavy (non-hydrogen) atoms. The SMILES string of the molecule is Cc1ccc(CN(CC2CCNCC2)C2CC2)o1. The molecule has 3 rings (SSSR count). The van der Waals surface area contributed by atoms with Crippen LogP contribution in [0, 0.1) is 12.8 Å². The van der Waals surface area contributed by atoms with Gasteiger partial charge in [0.15, 0.2) is 0 Å². The molecule has 0 amide bonds. The second kappa shape index (κ2) is 5.45. The fourth-order valence-electron chi connectivity index (χ4n) is 2.95. The highest BCUT2D eigenvalue weighted by atomic mass is 16.3. The number of aryl methyl sites for hydroxylation is 1. The molecule has 2 heterocycles. The van der Waals surface area contributed by atoms with Crippen LogP contribution in [0.4, 0.5) is 0 Å². The standard InChI is InChI=1S/C15H24N2O/c1-12-2-5-15(18-12)11-17(14-3-4-14)10-13-6-8-16-9-7-13/h2,5,13-14,16H,3-4,6-11H2,1H3. The molecule has 1 aromatic heterocycles. The second-order valence-electron chi connectivity index (χ2n) is 5.87.